The van der Waals surface area contributed by atoms with Crippen LogP contribution in [0.3, 0.4) is 0 Å². The van der Waals surface area contributed by atoms with Crippen molar-refractivity contribution in [1.29, 1.82) is 0 Å². The fourth-order valence-corrected chi connectivity index (χ4v) is 3.82. The number of rotatable bonds is 1. The zero-order chi connectivity index (χ0) is 11.4. The van der Waals surface area contributed by atoms with Crippen LogP contribution in [0.5, 0.6) is 0 Å². The van der Waals surface area contributed by atoms with Crippen molar-refractivity contribution in [3.05, 3.63) is 35.9 Å². The van der Waals surface area contributed by atoms with Gasteiger partial charge in [0.15, 0.2) is 0 Å². The van der Waals surface area contributed by atoms with E-state index in [1.807, 2.05) is 18.2 Å². The Kier molecular flexibility index (Phi) is 1.89. The molecule has 3 nitrogen and oxygen atoms in total. The molecule has 0 aromatic heterocycles. The van der Waals surface area contributed by atoms with E-state index in [1.54, 1.807) is 0 Å². The maximum Gasteiger partial charge on any atom is 0.139 e. The van der Waals surface area contributed by atoms with Gasteiger partial charge in [0, 0.05) is 5.92 Å². The zero-order valence-electron chi connectivity index (χ0n) is 9.49. The van der Waals surface area contributed by atoms with Crippen molar-refractivity contribution in [3.8, 4) is 0 Å². The van der Waals surface area contributed by atoms with Gasteiger partial charge in [-0.1, -0.05) is 35.5 Å². The summed E-state index contributed by atoms with van der Waals surface area (Å²) in [5.74, 6) is 1.17. The number of nitrogens with zero attached hydrogens (tertiary/aromatic N) is 1. The van der Waals surface area contributed by atoms with Crippen LogP contribution in [0.2, 0.25) is 0 Å². The first-order valence-electron chi connectivity index (χ1n) is 6.32. The Morgan fingerprint density at radius 1 is 1.18 bits per heavy atom. The summed E-state index contributed by atoms with van der Waals surface area (Å²) in [6, 6.07) is 10.2. The van der Waals surface area contributed by atoms with Crippen LogP contribution in [0, 0.1) is 17.8 Å². The van der Waals surface area contributed by atoms with Crippen LogP contribution in [0.25, 0.3) is 0 Å². The Labute approximate surface area is 100 Å². The first-order valence-corrected chi connectivity index (χ1v) is 6.32. The van der Waals surface area contributed by atoms with Crippen LogP contribution in [0.4, 0.5) is 0 Å². The molecule has 5 atom stereocenters. The molecule has 2 saturated carbocycles. The molecule has 0 spiro atoms. The molecule has 1 aliphatic heterocycles. The van der Waals surface area contributed by atoms with Crippen molar-refractivity contribution in [2.45, 2.75) is 25.0 Å². The minimum absolute atomic E-state index is 0.156. The van der Waals surface area contributed by atoms with E-state index >= 15 is 0 Å². The van der Waals surface area contributed by atoms with Gasteiger partial charge in [-0.25, -0.2) is 0 Å². The van der Waals surface area contributed by atoms with Crippen LogP contribution in [-0.2, 0) is 4.84 Å². The quantitative estimate of drug-likeness (QED) is 0.798. The van der Waals surface area contributed by atoms with Crippen LogP contribution in [0.1, 0.15) is 18.4 Å². The van der Waals surface area contributed by atoms with Gasteiger partial charge < -0.3 is 9.94 Å². The molecule has 3 heteroatoms. The lowest BCUT2D eigenvalue weighted by molar-refractivity contribution is -0.00698. The summed E-state index contributed by atoms with van der Waals surface area (Å²) in [4.78, 5) is 5.60. The molecule has 2 fully saturated rings. The van der Waals surface area contributed by atoms with Crippen molar-refractivity contribution in [3.63, 3.8) is 0 Å². The normalized spacial score (nSPS) is 42.2. The van der Waals surface area contributed by atoms with Crippen LogP contribution < -0.4 is 0 Å². The Balaban J connectivity index is 1.71. The molecule has 4 rings (SSSR count). The third kappa shape index (κ3) is 1.23. The smallest absolute Gasteiger partial charge is 0.139 e. The van der Waals surface area contributed by atoms with Gasteiger partial charge in [0.05, 0.1) is 17.7 Å². The van der Waals surface area contributed by atoms with E-state index in [0.717, 1.165) is 24.1 Å². The van der Waals surface area contributed by atoms with Gasteiger partial charge in [-0.15, -0.1) is 0 Å². The monoisotopic (exact) mass is 229 g/mol. The number of hydrogen-bond donors (Lipinski definition) is 1. The Hall–Kier alpha value is -1.35. The molecule has 2 bridgehead atoms. The summed E-state index contributed by atoms with van der Waals surface area (Å²) in [7, 11) is 0. The molecule has 0 saturated heterocycles. The molecule has 1 aromatic rings. The number of benzene rings is 1. The van der Waals surface area contributed by atoms with Gasteiger partial charge >= 0.3 is 0 Å². The average molecular weight is 229 g/mol. The van der Waals surface area contributed by atoms with E-state index in [4.69, 9.17) is 4.84 Å². The predicted octanol–water partition coefficient (Wildman–Crippen LogP) is 1.81. The molecule has 3 aliphatic rings. The van der Waals surface area contributed by atoms with Gasteiger partial charge in [0.25, 0.3) is 0 Å². The second-order valence-electron chi connectivity index (χ2n) is 5.40. The van der Waals surface area contributed by atoms with E-state index in [1.165, 1.54) is 0 Å². The topological polar surface area (TPSA) is 41.8 Å². The number of aliphatic hydroxyl groups excluding tert-OH is 1. The van der Waals surface area contributed by atoms with E-state index in [-0.39, 0.29) is 12.2 Å². The average Bonchev–Trinajstić information content (AvgIpc) is 3.00. The Bertz CT molecular complexity index is 470. The Morgan fingerprint density at radius 2 is 2.00 bits per heavy atom. The van der Waals surface area contributed by atoms with Crippen molar-refractivity contribution < 1.29 is 9.94 Å². The standard InChI is InChI=1S/C14H15NO2/c16-11-7-9-6-10(11)12-13(15-17-14(9)12)8-4-2-1-3-5-8/h1-5,9-12,14,16H,6-7H2/t9-,10+,11+,12-,14-/m0/s1. The number of oxime groups is 1. The maximum atomic E-state index is 10.0. The van der Waals surface area contributed by atoms with Gasteiger partial charge in [-0.05, 0) is 24.3 Å². The van der Waals surface area contributed by atoms with Gasteiger partial charge in [-0.2, -0.15) is 0 Å². The molecular weight excluding hydrogens is 214 g/mol. The van der Waals surface area contributed by atoms with E-state index in [0.29, 0.717) is 17.8 Å². The molecule has 0 unspecified atom stereocenters. The van der Waals surface area contributed by atoms with Crippen LogP contribution in [0.15, 0.2) is 35.5 Å². The highest BCUT2D eigenvalue weighted by Gasteiger charge is 2.58. The summed E-state index contributed by atoms with van der Waals surface area (Å²) in [6.07, 6.45) is 2.06. The third-order valence-electron chi connectivity index (χ3n) is 4.55. The summed E-state index contributed by atoms with van der Waals surface area (Å²) >= 11 is 0. The molecular formula is C14H15NO2. The maximum absolute atomic E-state index is 10.0. The predicted molar refractivity (Wildman–Crippen MR) is 63.6 cm³/mol. The highest BCUT2D eigenvalue weighted by atomic mass is 16.6. The largest absolute Gasteiger partial charge is 0.393 e. The van der Waals surface area contributed by atoms with Gasteiger partial charge in [0.2, 0.25) is 0 Å². The highest BCUT2D eigenvalue weighted by Crippen LogP contribution is 2.53. The van der Waals surface area contributed by atoms with E-state index < -0.39 is 0 Å². The second kappa shape index (κ2) is 3.33. The summed E-state index contributed by atoms with van der Waals surface area (Å²) in [5, 5.41) is 14.3. The first kappa shape index (κ1) is 9.66. The summed E-state index contributed by atoms with van der Waals surface area (Å²) < 4.78 is 0. The lowest BCUT2D eigenvalue weighted by Crippen LogP contribution is -2.36. The minimum Gasteiger partial charge on any atom is -0.393 e. The highest BCUT2D eigenvalue weighted by molar-refractivity contribution is 6.03. The Morgan fingerprint density at radius 3 is 2.82 bits per heavy atom. The first-order chi connectivity index (χ1) is 8.34. The van der Waals surface area contributed by atoms with Crippen molar-refractivity contribution >= 4 is 5.71 Å². The lowest BCUT2D eigenvalue weighted by Gasteiger charge is -2.27. The van der Waals surface area contributed by atoms with E-state index in [2.05, 4.69) is 17.3 Å². The fourth-order valence-electron chi connectivity index (χ4n) is 3.82. The van der Waals surface area contributed by atoms with Crippen molar-refractivity contribution in [2.75, 3.05) is 0 Å². The van der Waals surface area contributed by atoms with Crippen LogP contribution >= 0.6 is 0 Å². The van der Waals surface area contributed by atoms with Gasteiger partial charge in [0.1, 0.15) is 6.10 Å². The zero-order valence-corrected chi connectivity index (χ0v) is 9.49. The van der Waals surface area contributed by atoms with Gasteiger partial charge in [-0.3, -0.25) is 0 Å². The molecule has 1 N–H and O–H groups in total. The van der Waals surface area contributed by atoms with Crippen molar-refractivity contribution in [2.24, 2.45) is 22.9 Å². The lowest BCUT2D eigenvalue weighted by atomic mass is 9.80. The minimum atomic E-state index is -0.156. The van der Waals surface area contributed by atoms with Crippen molar-refractivity contribution in [1.82, 2.24) is 0 Å². The SMILES string of the molecule is O[C@@H]1C[C@@H]2C[C@H]1[C@H]1C(c3ccccc3)=NO[C@@H]21. The number of hydrogen-bond acceptors (Lipinski definition) is 3. The second-order valence-corrected chi connectivity index (χ2v) is 5.40. The molecule has 2 aliphatic carbocycles. The van der Waals surface area contributed by atoms with E-state index in [9.17, 15) is 5.11 Å². The van der Waals surface area contributed by atoms with Crippen LogP contribution in [-0.4, -0.2) is 23.0 Å². The third-order valence-corrected chi connectivity index (χ3v) is 4.55. The molecule has 1 heterocycles. The molecule has 17 heavy (non-hydrogen) atoms. The molecule has 0 radical (unpaired) electrons. The summed E-state index contributed by atoms with van der Waals surface area (Å²) in [5.41, 5.74) is 2.18. The fraction of sp³-hybridized carbons (Fsp3) is 0.500. The molecule has 88 valence electrons. The molecule has 0 amide bonds. The number of aliphatic hydroxyl groups is 1. The summed E-state index contributed by atoms with van der Waals surface area (Å²) in [6.45, 7) is 0. The molecule has 1 aromatic carbocycles. The number of fused-ring (bicyclic) bond motifs is 5.